The average Bonchev–Trinajstić information content (AvgIpc) is 2.25. The molecule has 0 aliphatic heterocycles. The van der Waals surface area contributed by atoms with E-state index in [2.05, 4.69) is 18.7 Å². The molecule has 0 atom stereocenters. The molecule has 1 N–H and O–H groups in total. The minimum atomic E-state index is -0.965. The first-order valence-corrected chi connectivity index (χ1v) is 6.19. The molecule has 3 nitrogen and oxygen atoms in total. The molecule has 0 saturated carbocycles. The highest BCUT2D eigenvalue weighted by Crippen LogP contribution is 2.25. The summed E-state index contributed by atoms with van der Waals surface area (Å²) in [6.45, 7) is 5.17. The van der Waals surface area contributed by atoms with E-state index in [1.54, 1.807) is 12.1 Å². The van der Waals surface area contributed by atoms with Gasteiger partial charge in [-0.1, -0.05) is 25.4 Å². The van der Waals surface area contributed by atoms with Crippen LogP contribution in [0.4, 0.5) is 5.69 Å². The highest BCUT2D eigenvalue weighted by atomic mass is 35.5. The van der Waals surface area contributed by atoms with Crippen LogP contribution in [0.25, 0.3) is 6.08 Å². The number of benzene rings is 1. The molecule has 0 amide bonds. The predicted molar refractivity (Wildman–Crippen MR) is 76.2 cm³/mol. The van der Waals surface area contributed by atoms with Crippen molar-refractivity contribution in [1.29, 1.82) is 0 Å². The van der Waals surface area contributed by atoms with Crippen LogP contribution >= 0.6 is 11.6 Å². The van der Waals surface area contributed by atoms with Gasteiger partial charge in [0.2, 0.25) is 0 Å². The second kappa shape index (κ2) is 6.45. The number of hydrogen-bond acceptors (Lipinski definition) is 2. The molecule has 0 fully saturated rings. The number of carboxylic acids is 1. The van der Waals surface area contributed by atoms with E-state index >= 15 is 0 Å². The van der Waals surface area contributed by atoms with Gasteiger partial charge in [-0.25, -0.2) is 4.79 Å². The van der Waals surface area contributed by atoms with E-state index < -0.39 is 5.97 Å². The van der Waals surface area contributed by atoms with Crippen LogP contribution < -0.4 is 4.90 Å². The lowest BCUT2D eigenvalue weighted by Gasteiger charge is -2.23. The molecule has 0 aliphatic carbocycles. The number of hydrogen-bond donors (Lipinski definition) is 1. The number of nitrogens with zero attached hydrogens (tertiary/aromatic N) is 1. The van der Waals surface area contributed by atoms with E-state index in [0.717, 1.165) is 23.9 Å². The molecule has 0 radical (unpaired) electrons. The largest absolute Gasteiger partial charge is 0.478 e. The highest BCUT2D eigenvalue weighted by molar-refractivity contribution is 6.30. The van der Waals surface area contributed by atoms with Crippen LogP contribution in [0.1, 0.15) is 19.4 Å². The Hall–Kier alpha value is -1.48. The molecule has 4 heteroatoms. The molecule has 1 aromatic carbocycles. The predicted octanol–water partition coefficient (Wildman–Crippen LogP) is 3.53. The van der Waals surface area contributed by atoms with Crippen LogP contribution in [0.5, 0.6) is 0 Å². The maximum absolute atomic E-state index is 10.6. The van der Waals surface area contributed by atoms with Gasteiger partial charge in [0.05, 0.1) is 0 Å². The van der Waals surface area contributed by atoms with Crippen LogP contribution in [-0.2, 0) is 4.79 Å². The van der Waals surface area contributed by atoms with E-state index in [-0.39, 0.29) is 0 Å². The maximum atomic E-state index is 10.6. The molecule has 0 aliphatic rings. The summed E-state index contributed by atoms with van der Waals surface area (Å²) in [5.74, 6) is -0.436. The zero-order valence-corrected chi connectivity index (χ0v) is 11.6. The van der Waals surface area contributed by atoms with Crippen LogP contribution in [-0.4, -0.2) is 24.7 Å². The summed E-state index contributed by atoms with van der Waals surface area (Å²) in [6, 6.07) is 5.49. The lowest BCUT2D eigenvalue weighted by Crippen LogP contribution is -2.23. The molecule has 0 bridgehead atoms. The van der Waals surface area contributed by atoms with Gasteiger partial charge in [-0.15, -0.1) is 0 Å². The molecule has 0 spiro atoms. The van der Waals surface area contributed by atoms with Crippen molar-refractivity contribution in [3.8, 4) is 0 Å². The van der Waals surface area contributed by atoms with Crippen molar-refractivity contribution in [3.05, 3.63) is 34.9 Å². The molecule has 0 saturated heterocycles. The first-order valence-electron chi connectivity index (χ1n) is 5.82. The van der Waals surface area contributed by atoms with Crippen LogP contribution in [0.3, 0.4) is 0 Å². The van der Waals surface area contributed by atoms with Gasteiger partial charge in [-0.05, 0) is 35.8 Å². The standard InChI is InChI=1S/C14H18ClNO2/c1-10(2)9-16(3)13-6-5-12(15)8-11(13)4-7-14(17)18/h4-8,10H,9H2,1-3H3,(H,17,18)/b7-4+. The van der Waals surface area contributed by atoms with Gasteiger partial charge in [0, 0.05) is 30.4 Å². The van der Waals surface area contributed by atoms with Crippen molar-refractivity contribution in [3.63, 3.8) is 0 Å². The monoisotopic (exact) mass is 267 g/mol. The molecule has 1 rings (SSSR count). The molecule has 0 unspecified atom stereocenters. The van der Waals surface area contributed by atoms with Crippen molar-refractivity contribution in [2.75, 3.05) is 18.5 Å². The van der Waals surface area contributed by atoms with E-state index in [1.807, 2.05) is 19.2 Å². The summed E-state index contributed by atoms with van der Waals surface area (Å²) < 4.78 is 0. The number of carboxylic acid groups (broad SMARTS) is 1. The Bertz CT molecular complexity index is 455. The minimum Gasteiger partial charge on any atom is -0.478 e. The van der Waals surface area contributed by atoms with Crippen molar-refractivity contribution in [2.45, 2.75) is 13.8 Å². The van der Waals surface area contributed by atoms with Crippen molar-refractivity contribution >= 4 is 29.3 Å². The maximum Gasteiger partial charge on any atom is 0.328 e. The van der Waals surface area contributed by atoms with Crippen molar-refractivity contribution < 1.29 is 9.90 Å². The topological polar surface area (TPSA) is 40.5 Å². The Balaban J connectivity index is 3.06. The number of rotatable bonds is 5. The third-order valence-electron chi connectivity index (χ3n) is 2.45. The molecular weight excluding hydrogens is 250 g/mol. The van der Waals surface area contributed by atoms with Gasteiger partial charge < -0.3 is 10.0 Å². The molecule has 98 valence electrons. The van der Waals surface area contributed by atoms with E-state index in [1.165, 1.54) is 0 Å². The van der Waals surface area contributed by atoms with Crippen LogP contribution in [0.15, 0.2) is 24.3 Å². The second-order valence-electron chi connectivity index (χ2n) is 4.65. The third-order valence-corrected chi connectivity index (χ3v) is 2.68. The molecule has 1 aromatic rings. The van der Waals surface area contributed by atoms with E-state index in [4.69, 9.17) is 16.7 Å². The summed E-state index contributed by atoms with van der Waals surface area (Å²) in [7, 11) is 1.99. The molecular formula is C14H18ClNO2. The molecule has 0 heterocycles. The van der Waals surface area contributed by atoms with Gasteiger partial charge in [0.25, 0.3) is 0 Å². The van der Waals surface area contributed by atoms with Gasteiger partial charge in [0.15, 0.2) is 0 Å². The van der Waals surface area contributed by atoms with Crippen molar-refractivity contribution in [1.82, 2.24) is 0 Å². The van der Waals surface area contributed by atoms with Crippen LogP contribution in [0, 0.1) is 5.92 Å². The highest BCUT2D eigenvalue weighted by Gasteiger charge is 2.08. The Morgan fingerprint density at radius 1 is 1.50 bits per heavy atom. The van der Waals surface area contributed by atoms with E-state index in [9.17, 15) is 4.79 Å². The fourth-order valence-electron chi connectivity index (χ4n) is 1.81. The fraction of sp³-hybridized carbons (Fsp3) is 0.357. The van der Waals surface area contributed by atoms with Gasteiger partial charge in [-0.2, -0.15) is 0 Å². The number of halogens is 1. The fourth-order valence-corrected chi connectivity index (χ4v) is 1.99. The van der Waals surface area contributed by atoms with Gasteiger partial charge in [-0.3, -0.25) is 0 Å². The zero-order chi connectivity index (χ0) is 13.7. The lowest BCUT2D eigenvalue weighted by molar-refractivity contribution is -0.131. The summed E-state index contributed by atoms with van der Waals surface area (Å²) in [4.78, 5) is 12.7. The minimum absolute atomic E-state index is 0.530. The summed E-state index contributed by atoms with van der Waals surface area (Å²) in [5.41, 5.74) is 1.79. The quantitative estimate of drug-likeness (QED) is 0.830. The Morgan fingerprint density at radius 2 is 2.17 bits per heavy atom. The normalized spacial score (nSPS) is 11.2. The third kappa shape index (κ3) is 4.41. The summed E-state index contributed by atoms with van der Waals surface area (Å²) >= 11 is 5.94. The SMILES string of the molecule is CC(C)CN(C)c1ccc(Cl)cc1/C=C/C(=O)O. The average molecular weight is 268 g/mol. The summed E-state index contributed by atoms with van der Waals surface area (Å²) in [5, 5.41) is 9.28. The van der Waals surface area contributed by atoms with Crippen LogP contribution in [0.2, 0.25) is 5.02 Å². The smallest absolute Gasteiger partial charge is 0.328 e. The number of aliphatic carboxylic acids is 1. The first kappa shape index (κ1) is 14.6. The van der Waals surface area contributed by atoms with Crippen molar-refractivity contribution in [2.24, 2.45) is 5.92 Å². The molecule has 0 aromatic heterocycles. The van der Waals surface area contributed by atoms with Gasteiger partial charge in [0.1, 0.15) is 0 Å². The number of anilines is 1. The second-order valence-corrected chi connectivity index (χ2v) is 5.09. The zero-order valence-electron chi connectivity index (χ0n) is 10.9. The first-order chi connectivity index (χ1) is 8.40. The Kier molecular flexibility index (Phi) is 5.23. The molecule has 18 heavy (non-hydrogen) atoms. The van der Waals surface area contributed by atoms with E-state index in [0.29, 0.717) is 10.9 Å². The summed E-state index contributed by atoms with van der Waals surface area (Å²) in [6.07, 6.45) is 2.69. The Morgan fingerprint density at radius 3 is 2.72 bits per heavy atom. The number of carbonyl (C=O) groups is 1. The Labute approximate surface area is 113 Å². The van der Waals surface area contributed by atoms with Gasteiger partial charge >= 0.3 is 5.97 Å². The lowest BCUT2D eigenvalue weighted by atomic mass is 10.1.